The molecule has 1 aromatic rings. The lowest BCUT2D eigenvalue weighted by molar-refractivity contribution is -0.134. The first-order chi connectivity index (χ1) is 11.5. The van der Waals surface area contributed by atoms with Gasteiger partial charge in [0, 0.05) is 25.7 Å². The molecule has 1 atom stereocenters. The molecule has 1 aliphatic carbocycles. The number of benzene rings is 1. The van der Waals surface area contributed by atoms with E-state index in [9.17, 15) is 9.90 Å². The van der Waals surface area contributed by atoms with E-state index in [0.717, 1.165) is 19.4 Å². The molecule has 1 N–H and O–H groups in total. The van der Waals surface area contributed by atoms with E-state index in [1.54, 1.807) is 0 Å². The van der Waals surface area contributed by atoms with Crippen LogP contribution in [0.15, 0.2) is 18.2 Å². The minimum atomic E-state index is -0.455. The van der Waals surface area contributed by atoms with Gasteiger partial charge < -0.3 is 10.0 Å². The van der Waals surface area contributed by atoms with Crippen LogP contribution < -0.4 is 0 Å². The number of hydrogen-bond donors (Lipinski definition) is 1. The fraction of sp³-hybridized carbons (Fsp3) is 0.650. The Kier molecular flexibility index (Phi) is 5.57. The zero-order chi connectivity index (χ0) is 17.1. The first-order valence-electron chi connectivity index (χ1n) is 9.29. The number of nitrogens with zero attached hydrogens (tertiary/aromatic N) is 2. The van der Waals surface area contributed by atoms with Crippen LogP contribution >= 0.6 is 0 Å². The predicted octanol–water partition coefficient (Wildman–Crippen LogP) is 2.64. The fourth-order valence-corrected chi connectivity index (χ4v) is 4.16. The smallest absolute Gasteiger partial charge is 0.237 e. The van der Waals surface area contributed by atoms with Gasteiger partial charge in [0.25, 0.3) is 0 Å². The Hall–Kier alpha value is -1.39. The summed E-state index contributed by atoms with van der Waals surface area (Å²) < 4.78 is 0. The number of β-amino-alcohol motifs (C(OH)–C–C–N with tert-alkyl or cyclic N) is 1. The standard InChI is InChI=1S/C20H30N2O2/c1-15-8-9-17(16(2)10-15)11-21-12-19(23)13-22(20(24)14-21)18-6-4-3-5-7-18/h8-10,18-19,23H,3-7,11-14H2,1-2H3. The maximum absolute atomic E-state index is 12.8. The summed E-state index contributed by atoms with van der Waals surface area (Å²) in [6.07, 6.45) is 5.42. The number of aliphatic hydroxyl groups is 1. The lowest BCUT2D eigenvalue weighted by atomic mass is 9.94. The second-order valence-corrected chi connectivity index (χ2v) is 7.59. The molecule has 1 amide bonds. The van der Waals surface area contributed by atoms with Crippen molar-refractivity contribution in [3.8, 4) is 0 Å². The molecule has 0 spiro atoms. The molecule has 24 heavy (non-hydrogen) atoms. The summed E-state index contributed by atoms with van der Waals surface area (Å²) in [6, 6.07) is 6.78. The monoisotopic (exact) mass is 330 g/mol. The SMILES string of the molecule is Cc1ccc(CN2CC(=O)N(C3CCCCC3)CC(O)C2)c(C)c1. The van der Waals surface area contributed by atoms with E-state index in [4.69, 9.17) is 0 Å². The van der Waals surface area contributed by atoms with Gasteiger partial charge in [0.15, 0.2) is 0 Å². The van der Waals surface area contributed by atoms with Crippen molar-refractivity contribution in [2.45, 2.75) is 64.6 Å². The van der Waals surface area contributed by atoms with Crippen molar-refractivity contribution in [1.29, 1.82) is 0 Å². The van der Waals surface area contributed by atoms with Crippen molar-refractivity contribution in [3.05, 3.63) is 34.9 Å². The van der Waals surface area contributed by atoms with Gasteiger partial charge in [0.1, 0.15) is 0 Å². The van der Waals surface area contributed by atoms with Crippen molar-refractivity contribution in [3.63, 3.8) is 0 Å². The maximum atomic E-state index is 12.8. The van der Waals surface area contributed by atoms with Crippen LogP contribution in [0.1, 0.15) is 48.8 Å². The molecule has 4 nitrogen and oxygen atoms in total. The molecule has 3 rings (SSSR count). The summed E-state index contributed by atoms with van der Waals surface area (Å²) in [5.41, 5.74) is 3.75. The summed E-state index contributed by atoms with van der Waals surface area (Å²) in [5, 5.41) is 10.4. The van der Waals surface area contributed by atoms with Crippen LogP contribution in [0.25, 0.3) is 0 Å². The second kappa shape index (κ2) is 7.66. The Balaban J connectivity index is 1.69. The van der Waals surface area contributed by atoms with Crippen LogP contribution in [0.5, 0.6) is 0 Å². The molecular weight excluding hydrogens is 300 g/mol. The van der Waals surface area contributed by atoms with Gasteiger partial charge >= 0.3 is 0 Å². The first-order valence-corrected chi connectivity index (χ1v) is 9.29. The maximum Gasteiger partial charge on any atom is 0.237 e. The summed E-state index contributed by atoms with van der Waals surface area (Å²) in [5.74, 6) is 0.184. The van der Waals surface area contributed by atoms with E-state index < -0.39 is 6.10 Å². The van der Waals surface area contributed by atoms with Gasteiger partial charge in [-0.2, -0.15) is 0 Å². The van der Waals surface area contributed by atoms with Gasteiger partial charge in [-0.05, 0) is 37.8 Å². The largest absolute Gasteiger partial charge is 0.390 e. The van der Waals surface area contributed by atoms with E-state index in [2.05, 4.69) is 36.9 Å². The Morgan fingerprint density at radius 3 is 2.58 bits per heavy atom. The molecule has 0 radical (unpaired) electrons. The Morgan fingerprint density at radius 1 is 1.12 bits per heavy atom. The Bertz CT molecular complexity index is 581. The zero-order valence-corrected chi connectivity index (χ0v) is 15.0. The lowest BCUT2D eigenvalue weighted by Gasteiger charge is -2.34. The third-order valence-electron chi connectivity index (χ3n) is 5.46. The molecule has 0 bridgehead atoms. The number of carbonyl (C=O) groups is 1. The van der Waals surface area contributed by atoms with Crippen molar-refractivity contribution in [1.82, 2.24) is 9.80 Å². The average Bonchev–Trinajstić information content (AvgIpc) is 2.69. The number of aliphatic hydroxyl groups excluding tert-OH is 1. The van der Waals surface area contributed by atoms with Crippen LogP contribution in [-0.2, 0) is 11.3 Å². The molecule has 2 aliphatic rings. The summed E-state index contributed by atoms with van der Waals surface area (Å²) in [7, 11) is 0. The fourth-order valence-electron chi connectivity index (χ4n) is 4.16. The highest BCUT2D eigenvalue weighted by Gasteiger charge is 2.32. The van der Waals surface area contributed by atoms with Gasteiger partial charge in [-0.25, -0.2) is 0 Å². The van der Waals surface area contributed by atoms with Gasteiger partial charge in [-0.1, -0.05) is 43.0 Å². The highest BCUT2D eigenvalue weighted by atomic mass is 16.3. The zero-order valence-electron chi connectivity index (χ0n) is 15.0. The Morgan fingerprint density at radius 2 is 1.88 bits per heavy atom. The number of carbonyl (C=O) groups excluding carboxylic acids is 1. The number of amides is 1. The van der Waals surface area contributed by atoms with Crippen LogP contribution in [-0.4, -0.2) is 52.6 Å². The van der Waals surface area contributed by atoms with Gasteiger partial charge in [0.05, 0.1) is 12.6 Å². The molecule has 1 saturated heterocycles. The molecule has 4 heteroatoms. The third kappa shape index (κ3) is 4.17. The van der Waals surface area contributed by atoms with E-state index in [1.807, 2.05) is 4.90 Å². The molecule has 1 saturated carbocycles. The number of hydrogen-bond acceptors (Lipinski definition) is 3. The molecule has 0 aromatic heterocycles. The average molecular weight is 330 g/mol. The lowest BCUT2D eigenvalue weighted by Crippen LogP contribution is -2.45. The first kappa shape index (κ1) is 17.4. The van der Waals surface area contributed by atoms with Crippen molar-refractivity contribution < 1.29 is 9.90 Å². The number of aryl methyl sites for hydroxylation is 2. The quantitative estimate of drug-likeness (QED) is 0.926. The van der Waals surface area contributed by atoms with Crippen LogP contribution in [0, 0.1) is 13.8 Å². The second-order valence-electron chi connectivity index (χ2n) is 7.59. The van der Waals surface area contributed by atoms with Crippen molar-refractivity contribution in [2.75, 3.05) is 19.6 Å². The van der Waals surface area contributed by atoms with Crippen molar-refractivity contribution >= 4 is 5.91 Å². The predicted molar refractivity (Wildman–Crippen MR) is 95.8 cm³/mol. The molecule has 1 heterocycles. The van der Waals surface area contributed by atoms with Crippen LogP contribution in [0.4, 0.5) is 0 Å². The van der Waals surface area contributed by atoms with Crippen LogP contribution in [0.3, 0.4) is 0 Å². The highest BCUT2D eigenvalue weighted by Crippen LogP contribution is 2.24. The van der Waals surface area contributed by atoms with Gasteiger partial charge in [0.2, 0.25) is 5.91 Å². The molecule has 2 fully saturated rings. The van der Waals surface area contributed by atoms with Crippen molar-refractivity contribution in [2.24, 2.45) is 0 Å². The van der Waals surface area contributed by atoms with Gasteiger partial charge in [-0.3, -0.25) is 9.69 Å². The highest BCUT2D eigenvalue weighted by molar-refractivity contribution is 5.79. The van der Waals surface area contributed by atoms with E-state index >= 15 is 0 Å². The molecule has 1 unspecified atom stereocenters. The summed E-state index contributed by atoms with van der Waals surface area (Å²) in [4.78, 5) is 16.8. The normalized spacial score (nSPS) is 24.2. The summed E-state index contributed by atoms with van der Waals surface area (Å²) >= 11 is 0. The molecule has 1 aliphatic heterocycles. The van der Waals surface area contributed by atoms with E-state index in [-0.39, 0.29) is 5.91 Å². The third-order valence-corrected chi connectivity index (χ3v) is 5.46. The molecule has 1 aromatic carbocycles. The minimum absolute atomic E-state index is 0.184. The minimum Gasteiger partial charge on any atom is -0.390 e. The molecule has 132 valence electrons. The van der Waals surface area contributed by atoms with Gasteiger partial charge in [-0.15, -0.1) is 0 Å². The topological polar surface area (TPSA) is 43.8 Å². The summed E-state index contributed by atoms with van der Waals surface area (Å²) in [6.45, 7) is 6.42. The van der Waals surface area contributed by atoms with E-state index in [1.165, 1.54) is 36.0 Å². The van der Waals surface area contributed by atoms with Crippen LogP contribution in [0.2, 0.25) is 0 Å². The number of rotatable bonds is 3. The van der Waals surface area contributed by atoms with E-state index in [0.29, 0.717) is 25.7 Å². The molecular formula is C20H30N2O2. The Labute approximate surface area is 145 Å².